The van der Waals surface area contributed by atoms with E-state index in [2.05, 4.69) is 64.5 Å². The maximum absolute atomic E-state index is 5.91. The Bertz CT molecular complexity index is 696. The summed E-state index contributed by atoms with van der Waals surface area (Å²) in [4.78, 5) is 6.85. The molecule has 24 heavy (non-hydrogen) atoms. The Balaban J connectivity index is 1.86. The summed E-state index contributed by atoms with van der Waals surface area (Å²) >= 11 is 0. The second-order valence-corrected chi connectivity index (χ2v) is 6.06. The van der Waals surface area contributed by atoms with Crippen molar-refractivity contribution in [3.8, 4) is 0 Å². The van der Waals surface area contributed by atoms with Crippen molar-refractivity contribution in [1.82, 2.24) is 4.98 Å². The van der Waals surface area contributed by atoms with Crippen LogP contribution in [0.15, 0.2) is 79.0 Å². The van der Waals surface area contributed by atoms with E-state index in [-0.39, 0.29) is 6.04 Å². The van der Waals surface area contributed by atoms with Gasteiger partial charge in [-0.1, -0.05) is 60.7 Å². The van der Waals surface area contributed by atoms with Crippen molar-refractivity contribution in [2.45, 2.75) is 26.1 Å². The van der Waals surface area contributed by atoms with Crippen LogP contribution in [0.25, 0.3) is 0 Å². The van der Waals surface area contributed by atoms with Gasteiger partial charge in [-0.25, -0.2) is 0 Å². The zero-order valence-corrected chi connectivity index (χ0v) is 14.0. The van der Waals surface area contributed by atoms with Crippen LogP contribution in [-0.2, 0) is 13.1 Å². The van der Waals surface area contributed by atoms with Gasteiger partial charge >= 0.3 is 0 Å². The fourth-order valence-corrected chi connectivity index (χ4v) is 2.70. The molecule has 1 aromatic heterocycles. The van der Waals surface area contributed by atoms with Crippen molar-refractivity contribution in [3.63, 3.8) is 0 Å². The molecule has 0 saturated heterocycles. The van der Waals surface area contributed by atoms with Crippen molar-refractivity contribution in [2.75, 3.05) is 4.90 Å². The number of rotatable bonds is 6. The van der Waals surface area contributed by atoms with Gasteiger partial charge in [0.1, 0.15) is 0 Å². The van der Waals surface area contributed by atoms with Crippen molar-refractivity contribution in [1.29, 1.82) is 0 Å². The summed E-state index contributed by atoms with van der Waals surface area (Å²) < 4.78 is 0. The number of anilines is 1. The zero-order valence-electron chi connectivity index (χ0n) is 14.0. The summed E-state index contributed by atoms with van der Waals surface area (Å²) in [5.41, 5.74) is 10.5. The number of benzene rings is 2. The first kappa shape index (κ1) is 16.2. The lowest BCUT2D eigenvalue weighted by Crippen LogP contribution is -2.22. The molecule has 3 rings (SSSR count). The highest BCUT2D eigenvalue weighted by molar-refractivity contribution is 5.46. The summed E-state index contributed by atoms with van der Waals surface area (Å²) in [6.07, 6.45) is 1.92. The smallest absolute Gasteiger partial charge is 0.0569 e. The van der Waals surface area contributed by atoms with Crippen LogP contribution < -0.4 is 10.6 Å². The van der Waals surface area contributed by atoms with Crippen LogP contribution in [-0.4, -0.2) is 4.98 Å². The summed E-state index contributed by atoms with van der Waals surface area (Å²) in [7, 11) is 0. The highest BCUT2D eigenvalue weighted by Gasteiger charge is 2.10. The first-order chi connectivity index (χ1) is 11.7. The Morgan fingerprint density at radius 1 is 0.833 bits per heavy atom. The summed E-state index contributed by atoms with van der Waals surface area (Å²) in [6, 6.07) is 25.1. The van der Waals surface area contributed by atoms with Gasteiger partial charge in [0.05, 0.1) is 17.6 Å². The van der Waals surface area contributed by atoms with E-state index in [1.54, 1.807) is 0 Å². The van der Waals surface area contributed by atoms with Gasteiger partial charge in [-0.2, -0.15) is 0 Å². The molecule has 0 bridgehead atoms. The molecular formula is C21H23N3. The molecule has 3 aromatic rings. The van der Waals surface area contributed by atoms with E-state index in [0.717, 1.165) is 24.5 Å². The Morgan fingerprint density at radius 3 is 1.79 bits per heavy atom. The van der Waals surface area contributed by atoms with Gasteiger partial charge in [0.15, 0.2) is 0 Å². The third-order valence-corrected chi connectivity index (χ3v) is 4.03. The van der Waals surface area contributed by atoms with Gasteiger partial charge in [-0.05, 0) is 30.2 Å². The Labute approximate surface area is 143 Å². The highest BCUT2D eigenvalue weighted by atomic mass is 15.1. The minimum Gasteiger partial charge on any atom is -0.362 e. The van der Waals surface area contributed by atoms with E-state index in [1.165, 1.54) is 11.1 Å². The lowest BCUT2D eigenvalue weighted by Gasteiger charge is -2.25. The third-order valence-electron chi connectivity index (χ3n) is 4.03. The molecule has 0 unspecified atom stereocenters. The first-order valence-electron chi connectivity index (χ1n) is 8.27. The zero-order chi connectivity index (χ0) is 16.8. The number of nitrogens with zero attached hydrogens (tertiary/aromatic N) is 2. The first-order valence-corrected chi connectivity index (χ1v) is 8.27. The van der Waals surface area contributed by atoms with Crippen molar-refractivity contribution >= 4 is 5.69 Å². The molecule has 2 aromatic carbocycles. The average Bonchev–Trinajstić information content (AvgIpc) is 2.63. The predicted octanol–water partition coefficient (Wildman–Crippen LogP) is 4.31. The fraction of sp³-hybridized carbons (Fsp3) is 0.190. The molecule has 0 aliphatic carbocycles. The van der Waals surface area contributed by atoms with Gasteiger partial charge in [-0.15, -0.1) is 0 Å². The van der Waals surface area contributed by atoms with Crippen LogP contribution in [0.2, 0.25) is 0 Å². The monoisotopic (exact) mass is 317 g/mol. The molecular weight excluding hydrogens is 294 g/mol. The van der Waals surface area contributed by atoms with Crippen LogP contribution in [0.5, 0.6) is 0 Å². The molecule has 0 aliphatic rings. The second kappa shape index (κ2) is 7.75. The Morgan fingerprint density at radius 2 is 1.38 bits per heavy atom. The number of pyridine rings is 1. The molecule has 3 nitrogen and oxygen atoms in total. The predicted molar refractivity (Wildman–Crippen MR) is 99.6 cm³/mol. The van der Waals surface area contributed by atoms with Gasteiger partial charge in [0, 0.05) is 19.1 Å². The summed E-state index contributed by atoms with van der Waals surface area (Å²) in [5, 5.41) is 0. The second-order valence-electron chi connectivity index (χ2n) is 6.06. The minimum absolute atomic E-state index is 0.0456. The fourth-order valence-electron chi connectivity index (χ4n) is 2.70. The lowest BCUT2D eigenvalue weighted by atomic mass is 10.1. The van der Waals surface area contributed by atoms with Crippen molar-refractivity contribution in [2.24, 2.45) is 5.73 Å². The Kier molecular flexibility index (Phi) is 5.24. The molecule has 0 saturated carbocycles. The van der Waals surface area contributed by atoms with Gasteiger partial charge in [0.25, 0.3) is 0 Å². The molecule has 0 aliphatic heterocycles. The average molecular weight is 317 g/mol. The molecule has 0 radical (unpaired) electrons. The van der Waals surface area contributed by atoms with Crippen molar-refractivity contribution in [3.05, 3.63) is 95.8 Å². The molecule has 122 valence electrons. The molecule has 3 heteroatoms. The minimum atomic E-state index is -0.0456. The highest BCUT2D eigenvalue weighted by Crippen LogP contribution is 2.21. The van der Waals surface area contributed by atoms with E-state index in [0.29, 0.717) is 0 Å². The van der Waals surface area contributed by atoms with E-state index < -0.39 is 0 Å². The topological polar surface area (TPSA) is 42.1 Å². The van der Waals surface area contributed by atoms with E-state index in [9.17, 15) is 0 Å². The lowest BCUT2D eigenvalue weighted by molar-refractivity contribution is 0.768. The molecule has 1 atom stereocenters. The number of hydrogen-bond acceptors (Lipinski definition) is 3. The number of aromatic nitrogens is 1. The SMILES string of the molecule is C[C@H](N)c1ccc(N(Cc2ccccc2)Cc2ccccc2)cn1. The van der Waals surface area contributed by atoms with Gasteiger partial charge in [-0.3, -0.25) is 4.98 Å². The third kappa shape index (κ3) is 4.21. The number of hydrogen-bond donors (Lipinski definition) is 1. The van der Waals surface area contributed by atoms with Crippen LogP contribution >= 0.6 is 0 Å². The molecule has 0 fully saturated rings. The maximum atomic E-state index is 5.91. The standard InChI is InChI=1S/C21H23N3/c1-17(22)21-13-12-20(14-23-21)24(15-18-8-4-2-5-9-18)16-19-10-6-3-7-11-19/h2-14,17H,15-16,22H2,1H3/t17-/m0/s1. The quantitative estimate of drug-likeness (QED) is 0.736. The molecule has 1 heterocycles. The molecule has 0 amide bonds. The van der Waals surface area contributed by atoms with Crippen LogP contribution in [0.3, 0.4) is 0 Å². The van der Waals surface area contributed by atoms with E-state index >= 15 is 0 Å². The largest absolute Gasteiger partial charge is 0.362 e. The van der Waals surface area contributed by atoms with Gasteiger partial charge < -0.3 is 10.6 Å². The molecule has 0 spiro atoms. The normalized spacial score (nSPS) is 11.9. The van der Waals surface area contributed by atoms with Gasteiger partial charge in [0.2, 0.25) is 0 Å². The maximum Gasteiger partial charge on any atom is 0.0569 e. The summed E-state index contributed by atoms with van der Waals surface area (Å²) in [6.45, 7) is 3.64. The van der Waals surface area contributed by atoms with Crippen LogP contribution in [0.4, 0.5) is 5.69 Å². The number of nitrogens with two attached hydrogens (primary N) is 1. The molecule has 2 N–H and O–H groups in total. The Hall–Kier alpha value is -2.65. The van der Waals surface area contributed by atoms with Crippen LogP contribution in [0, 0.1) is 0 Å². The van der Waals surface area contributed by atoms with Crippen LogP contribution in [0.1, 0.15) is 29.8 Å². The van der Waals surface area contributed by atoms with E-state index in [1.807, 2.05) is 31.3 Å². The van der Waals surface area contributed by atoms with E-state index in [4.69, 9.17) is 5.73 Å². The summed E-state index contributed by atoms with van der Waals surface area (Å²) in [5.74, 6) is 0. The van der Waals surface area contributed by atoms with Crippen molar-refractivity contribution < 1.29 is 0 Å².